The molecule has 0 fully saturated rings. The molecule has 1 unspecified atom stereocenters. The molecule has 0 spiro atoms. The zero-order chi connectivity index (χ0) is 25.5. The summed E-state index contributed by atoms with van der Waals surface area (Å²) in [4.78, 5) is 46.9. The summed E-state index contributed by atoms with van der Waals surface area (Å²) in [6.45, 7) is 3.69. The van der Waals surface area contributed by atoms with Gasteiger partial charge in [-0.15, -0.1) is 23.1 Å². The highest BCUT2D eigenvalue weighted by Crippen LogP contribution is 2.25. The number of aromatic nitrogens is 3. The first kappa shape index (κ1) is 25.6. The summed E-state index contributed by atoms with van der Waals surface area (Å²) < 4.78 is 2.41. The highest BCUT2D eigenvalue weighted by molar-refractivity contribution is 7.99. The molecule has 2 aromatic heterocycles. The molecule has 4 rings (SSSR count). The fourth-order valence-electron chi connectivity index (χ4n) is 3.73. The molecular formula is C26H27N5O3S2. The average Bonchev–Trinajstić information content (AvgIpc) is 3.25. The molecule has 1 amide bonds. The predicted octanol–water partition coefficient (Wildman–Crippen LogP) is 4.47. The SMILES string of the molecule is CCC(C(=O)NCC(=O)CSCc1ccccc1)n1ccnc(Nc2ccc3sc(C)nc3c2)c1=O. The maximum atomic E-state index is 13.1. The Morgan fingerprint density at radius 1 is 1.17 bits per heavy atom. The molecule has 8 nitrogen and oxygen atoms in total. The van der Waals surface area contributed by atoms with Crippen molar-refractivity contribution in [1.82, 2.24) is 19.9 Å². The van der Waals surface area contributed by atoms with Crippen LogP contribution in [-0.2, 0) is 15.3 Å². The number of carbonyl (C=O) groups is 2. The highest BCUT2D eigenvalue weighted by Gasteiger charge is 2.21. The number of anilines is 2. The van der Waals surface area contributed by atoms with E-state index in [9.17, 15) is 14.4 Å². The summed E-state index contributed by atoms with van der Waals surface area (Å²) in [5, 5.41) is 6.71. The van der Waals surface area contributed by atoms with Gasteiger partial charge in [-0.05, 0) is 37.1 Å². The van der Waals surface area contributed by atoms with Crippen molar-refractivity contribution in [3.8, 4) is 0 Å². The molecule has 10 heteroatoms. The molecule has 1 atom stereocenters. The summed E-state index contributed by atoms with van der Waals surface area (Å²) in [6, 6.07) is 14.8. The van der Waals surface area contributed by atoms with Gasteiger partial charge in [0.05, 0.1) is 27.5 Å². The number of hydrogen-bond donors (Lipinski definition) is 2. The van der Waals surface area contributed by atoms with Crippen molar-refractivity contribution >= 4 is 56.5 Å². The Kier molecular flexibility index (Phi) is 8.50. The van der Waals surface area contributed by atoms with Crippen LogP contribution in [0.5, 0.6) is 0 Å². The van der Waals surface area contributed by atoms with Gasteiger partial charge in [0.25, 0.3) is 5.56 Å². The number of carbonyl (C=O) groups excluding carboxylic acids is 2. The Balaban J connectivity index is 1.37. The van der Waals surface area contributed by atoms with E-state index in [-0.39, 0.29) is 24.1 Å². The number of fused-ring (bicyclic) bond motifs is 1. The van der Waals surface area contributed by atoms with Crippen LogP contribution in [0.25, 0.3) is 10.2 Å². The molecule has 36 heavy (non-hydrogen) atoms. The van der Waals surface area contributed by atoms with E-state index in [1.165, 1.54) is 28.7 Å². The number of hydrogen-bond acceptors (Lipinski definition) is 8. The third-order valence-corrected chi connectivity index (χ3v) is 7.50. The van der Waals surface area contributed by atoms with Crippen LogP contribution in [0.4, 0.5) is 11.5 Å². The first-order valence-corrected chi connectivity index (χ1v) is 13.5. The van der Waals surface area contributed by atoms with Gasteiger partial charge in [-0.1, -0.05) is 37.3 Å². The van der Waals surface area contributed by atoms with Gasteiger partial charge in [-0.3, -0.25) is 19.0 Å². The Morgan fingerprint density at radius 3 is 2.75 bits per heavy atom. The summed E-state index contributed by atoms with van der Waals surface area (Å²) in [7, 11) is 0. The van der Waals surface area contributed by atoms with Crippen LogP contribution in [0.2, 0.25) is 0 Å². The Bertz CT molecular complexity index is 1420. The maximum absolute atomic E-state index is 13.1. The van der Waals surface area contributed by atoms with Crippen LogP contribution >= 0.6 is 23.1 Å². The van der Waals surface area contributed by atoms with Gasteiger partial charge in [0.15, 0.2) is 11.6 Å². The molecule has 0 saturated carbocycles. The number of ketones is 1. The van der Waals surface area contributed by atoms with Crippen molar-refractivity contribution in [2.75, 3.05) is 17.6 Å². The van der Waals surface area contributed by atoms with E-state index < -0.39 is 11.6 Å². The average molecular weight is 522 g/mol. The monoisotopic (exact) mass is 521 g/mol. The summed E-state index contributed by atoms with van der Waals surface area (Å²) in [5.74, 6) is 0.699. The zero-order valence-electron chi connectivity index (χ0n) is 20.1. The number of aryl methyl sites for hydroxylation is 1. The molecule has 0 aliphatic rings. The number of rotatable bonds is 11. The van der Waals surface area contributed by atoms with Crippen LogP contribution in [0, 0.1) is 6.92 Å². The smallest absolute Gasteiger partial charge is 0.294 e. The summed E-state index contributed by atoms with van der Waals surface area (Å²) in [5.41, 5.74) is 2.26. The number of nitrogens with zero attached hydrogens (tertiary/aromatic N) is 3. The molecule has 0 bridgehead atoms. The largest absolute Gasteiger partial charge is 0.347 e. The fraction of sp³-hybridized carbons (Fsp3) is 0.269. The second-order valence-electron chi connectivity index (χ2n) is 8.19. The lowest BCUT2D eigenvalue weighted by Gasteiger charge is -2.18. The Morgan fingerprint density at radius 2 is 1.97 bits per heavy atom. The zero-order valence-corrected chi connectivity index (χ0v) is 21.7. The Hall–Kier alpha value is -3.50. The lowest BCUT2D eigenvalue weighted by molar-refractivity contribution is -0.127. The second-order valence-corrected chi connectivity index (χ2v) is 10.4. The molecule has 2 aromatic carbocycles. The lowest BCUT2D eigenvalue weighted by Crippen LogP contribution is -2.39. The van der Waals surface area contributed by atoms with Crippen molar-refractivity contribution in [1.29, 1.82) is 0 Å². The van der Waals surface area contributed by atoms with Crippen molar-refractivity contribution < 1.29 is 9.59 Å². The van der Waals surface area contributed by atoms with E-state index in [2.05, 4.69) is 20.6 Å². The minimum atomic E-state index is -0.755. The van der Waals surface area contributed by atoms with Crippen molar-refractivity contribution in [3.63, 3.8) is 0 Å². The molecule has 2 heterocycles. The molecule has 2 N–H and O–H groups in total. The highest BCUT2D eigenvalue weighted by atomic mass is 32.2. The van der Waals surface area contributed by atoms with E-state index in [0.29, 0.717) is 17.9 Å². The molecule has 186 valence electrons. The summed E-state index contributed by atoms with van der Waals surface area (Å²) in [6.07, 6.45) is 3.36. The number of nitrogens with one attached hydrogen (secondary N) is 2. The quantitative estimate of drug-likeness (QED) is 0.300. The van der Waals surface area contributed by atoms with Crippen molar-refractivity contribution in [2.45, 2.75) is 32.1 Å². The van der Waals surface area contributed by atoms with Gasteiger partial charge in [-0.25, -0.2) is 9.97 Å². The predicted molar refractivity (Wildman–Crippen MR) is 146 cm³/mol. The van der Waals surface area contributed by atoms with Gasteiger partial charge < -0.3 is 10.6 Å². The Labute approximate surface area is 217 Å². The third-order valence-electron chi connectivity index (χ3n) is 5.48. The minimum absolute atomic E-state index is 0.0729. The van der Waals surface area contributed by atoms with Crippen molar-refractivity contribution in [2.24, 2.45) is 0 Å². The molecular weight excluding hydrogens is 494 g/mol. The summed E-state index contributed by atoms with van der Waals surface area (Å²) >= 11 is 3.11. The molecule has 0 radical (unpaired) electrons. The molecule has 0 aliphatic carbocycles. The topological polar surface area (TPSA) is 106 Å². The minimum Gasteiger partial charge on any atom is -0.347 e. The maximum Gasteiger partial charge on any atom is 0.294 e. The number of thioether (sulfide) groups is 1. The number of amides is 1. The van der Waals surface area contributed by atoms with Crippen LogP contribution in [0.3, 0.4) is 0 Å². The van der Waals surface area contributed by atoms with E-state index >= 15 is 0 Å². The van der Waals surface area contributed by atoms with E-state index in [1.54, 1.807) is 11.3 Å². The normalized spacial score (nSPS) is 11.8. The fourth-order valence-corrected chi connectivity index (χ4v) is 5.40. The molecule has 4 aromatic rings. The van der Waals surface area contributed by atoms with Crippen LogP contribution in [-0.4, -0.2) is 38.5 Å². The van der Waals surface area contributed by atoms with Gasteiger partial charge in [-0.2, -0.15) is 0 Å². The van der Waals surface area contributed by atoms with Gasteiger partial charge >= 0.3 is 0 Å². The first-order chi connectivity index (χ1) is 17.4. The number of benzene rings is 2. The van der Waals surface area contributed by atoms with E-state index in [0.717, 1.165) is 26.5 Å². The lowest BCUT2D eigenvalue weighted by atomic mass is 10.2. The number of Topliss-reactive ketones (excluding diaryl/α,β-unsaturated/α-hetero) is 1. The number of thiazole rings is 1. The van der Waals surface area contributed by atoms with Crippen molar-refractivity contribution in [3.05, 3.63) is 81.8 Å². The standard InChI is InChI=1S/C26H27N5O3S2/c1-3-22(25(33)28-14-20(32)16-35-15-18-7-5-4-6-8-18)31-12-11-27-24(26(31)34)30-19-9-10-23-21(13-19)29-17(2)36-23/h4-13,22H,3,14-16H2,1-2H3,(H,27,30)(H,28,33). The molecule has 0 aliphatic heterocycles. The third kappa shape index (κ3) is 6.38. The second kappa shape index (κ2) is 12.0. The van der Waals surface area contributed by atoms with Gasteiger partial charge in [0.2, 0.25) is 5.91 Å². The van der Waals surface area contributed by atoms with Gasteiger partial charge in [0.1, 0.15) is 6.04 Å². The molecule has 0 saturated heterocycles. The van der Waals surface area contributed by atoms with Gasteiger partial charge in [0, 0.05) is 23.8 Å². The van der Waals surface area contributed by atoms with Crippen LogP contribution < -0.4 is 16.2 Å². The first-order valence-electron chi connectivity index (χ1n) is 11.6. The van der Waals surface area contributed by atoms with E-state index in [4.69, 9.17) is 0 Å². The van der Waals surface area contributed by atoms with Crippen LogP contribution in [0.1, 0.15) is 30.0 Å². The van der Waals surface area contributed by atoms with Crippen LogP contribution in [0.15, 0.2) is 65.7 Å². The van der Waals surface area contributed by atoms with E-state index in [1.807, 2.05) is 62.4 Å².